The highest BCUT2D eigenvalue weighted by atomic mass is 16.1. The number of carbonyl (C=O) groups excluding carboxylic acids is 1. The van der Waals surface area contributed by atoms with Gasteiger partial charge in [-0.25, -0.2) is 0 Å². The Morgan fingerprint density at radius 1 is 1.07 bits per heavy atom. The van der Waals surface area contributed by atoms with E-state index >= 15 is 0 Å². The second-order valence-electron chi connectivity index (χ2n) is 7.46. The van der Waals surface area contributed by atoms with E-state index in [2.05, 4.69) is 73.7 Å². The Balaban J connectivity index is 1.91. The summed E-state index contributed by atoms with van der Waals surface area (Å²) in [7, 11) is 0. The molecule has 1 aromatic heterocycles. The second kappa shape index (κ2) is 8.90. The number of amides is 1. The molecular formula is C24H30N2O. The fourth-order valence-corrected chi connectivity index (χ4v) is 3.85. The molecule has 3 aromatic rings. The first-order chi connectivity index (χ1) is 13.1. The van der Waals surface area contributed by atoms with Crippen LogP contribution in [0.3, 0.4) is 0 Å². The number of nitrogens with one attached hydrogen (secondary N) is 2. The van der Waals surface area contributed by atoms with Crippen LogP contribution < -0.4 is 5.32 Å². The largest absolute Gasteiger partial charge is 0.361 e. The van der Waals surface area contributed by atoms with Crippen LogP contribution in [0.5, 0.6) is 0 Å². The van der Waals surface area contributed by atoms with Crippen LogP contribution in [0.2, 0.25) is 0 Å². The van der Waals surface area contributed by atoms with E-state index in [0.29, 0.717) is 6.42 Å². The summed E-state index contributed by atoms with van der Waals surface area (Å²) in [4.78, 5) is 16.0. The smallest absolute Gasteiger partial charge is 0.220 e. The van der Waals surface area contributed by atoms with E-state index in [4.69, 9.17) is 0 Å². The monoisotopic (exact) mass is 362 g/mol. The summed E-state index contributed by atoms with van der Waals surface area (Å²) in [5, 5.41) is 4.31. The zero-order valence-corrected chi connectivity index (χ0v) is 16.6. The Kier molecular flexibility index (Phi) is 6.33. The number of fused-ring (bicyclic) bond motifs is 1. The van der Waals surface area contributed by atoms with Crippen LogP contribution in [0.1, 0.15) is 60.8 Å². The summed E-state index contributed by atoms with van der Waals surface area (Å²) in [5.74, 6) is 0.175. The number of unbranched alkanes of at least 4 members (excludes halogenated alkanes) is 2. The number of carbonyl (C=O) groups is 1. The Morgan fingerprint density at radius 3 is 2.67 bits per heavy atom. The Bertz CT molecular complexity index is 910. The van der Waals surface area contributed by atoms with Crippen molar-refractivity contribution in [1.29, 1.82) is 0 Å². The molecule has 2 aromatic carbocycles. The number of aryl methyl sites for hydroxylation is 2. The molecule has 142 valence electrons. The fourth-order valence-electron chi connectivity index (χ4n) is 3.85. The highest BCUT2D eigenvalue weighted by Gasteiger charge is 2.22. The summed E-state index contributed by atoms with van der Waals surface area (Å²) in [6.07, 6.45) is 5.90. The molecular weight excluding hydrogens is 332 g/mol. The van der Waals surface area contributed by atoms with Gasteiger partial charge in [0.25, 0.3) is 0 Å². The van der Waals surface area contributed by atoms with Gasteiger partial charge in [0.2, 0.25) is 5.91 Å². The van der Waals surface area contributed by atoms with Gasteiger partial charge in [-0.05, 0) is 43.0 Å². The van der Waals surface area contributed by atoms with E-state index in [1.54, 1.807) is 0 Å². The van der Waals surface area contributed by atoms with Crippen molar-refractivity contribution >= 4 is 16.8 Å². The number of hydrogen-bond acceptors (Lipinski definition) is 1. The van der Waals surface area contributed by atoms with Crippen molar-refractivity contribution in [2.45, 2.75) is 52.4 Å². The van der Waals surface area contributed by atoms with Gasteiger partial charge in [-0.1, -0.05) is 61.7 Å². The molecule has 27 heavy (non-hydrogen) atoms. The topological polar surface area (TPSA) is 44.9 Å². The van der Waals surface area contributed by atoms with Crippen LogP contribution >= 0.6 is 0 Å². The van der Waals surface area contributed by atoms with Crippen LogP contribution in [0.15, 0.2) is 48.7 Å². The molecule has 1 unspecified atom stereocenters. The van der Waals surface area contributed by atoms with Crippen molar-refractivity contribution in [3.63, 3.8) is 0 Å². The number of aromatic nitrogens is 1. The Hall–Kier alpha value is -2.55. The molecule has 1 atom stereocenters. The molecule has 0 aliphatic carbocycles. The molecule has 0 aliphatic rings. The lowest BCUT2D eigenvalue weighted by molar-refractivity contribution is -0.121. The fraction of sp³-hybridized carbons (Fsp3) is 0.375. The molecule has 1 amide bonds. The maximum atomic E-state index is 12.7. The van der Waals surface area contributed by atoms with Gasteiger partial charge in [-0.15, -0.1) is 0 Å². The number of para-hydroxylation sites is 1. The molecule has 2 N–H and O–H groups in total. The average Bonchev–Trinajstić information content (AvgIpc) is 3.08. The number of hydrogen-bond donors (Lipinski definition) is 2. The van der Waals surface area contributed by atoms with E-state index in [-0.39, 0.29) is 11.8 Å². The maximum absolute atomic E-state index is 12.7. The van der Waals surface area contributed by atoms with E-state index in [1.165, 1.54) is 27.6 Å². The van der Waals surface area contributed by atoms with Crippen LogP contribution in [0, 0.1) is 13.8 Å². The van der Waals surface area contributed by atoms with Crippen molar-refractivity contribution in [1.82, 2.24) is 10.3 Å². The first kappa shape index (κ1) is 19.2. The minimum atomic E-state index is 0.0490. The van der Waals surface area contributed by atoms with Gasteiger partial charge in [-0.2, -0.15) is 0 Å². The zero-order chi connectivity index (χ0) is 19.2. The van der Waals surface area contributed by atoms with Crippen molar-refractivity contribution in [2.75, 3.05) is 6.54 Å². The number of H-pyrrole nitrogens is 1. The summed E-state index contributed by atoms with van der Waals surface area (Å²) in [6.45, 7) is 7.19. The van der Waals surface area contributed by atoms with E-state index in [9.17, 15) is 4.79 Å². The molecule has 0 saturated heterocycles. The van der Waals surface area contributed by atoms with E-state index in [1.807, 2.05) is 6.07 Å². The maximum Gasteiger partial charge on any atom is 0.220 e. The predicted molar refractivity (Wildman–Crippen MR) is 113 cm³/mol. The molecule has 0 radical (unpaired) electrons. The summed E-state index contributed by atoms with van der Waals surface area (Å²) >= 11 is 0. The average molecular weight is 363 g/mol. The quantitative estimate of drug-likeness (QED) is 0.502. The molecule has 0 bridgehead atoms. The molecule has 0 aliphatic heterocycles. The number of rotatable bonds is 8. The van der Waals surface area contributed by atoms with E-state index < -0.39 is 0 Å². The van der Waals surface area contributed by atoms with Gasteiger partial charge < -0.3 is 10.3 Å². The molecule has 3 nitrogen and oxygen atoms in total. The third kappa shape index (κ3) is 4.60. The summed E-state index contributed by atoms with van der Waals surface area (Å²) in [5.41, 5.74) is 6.03. The predicted octanol–water partition coefficient (Wildman–Crippen LogP) is 5.61. The highest BCUT2D eigenvalue weighted by Crippen LogP contribution is 2.35. The van der Waals surface area contributed by atoms with Crippen LogP contribution in [0.25, 0.3) is 10.9 Å². The first-order valence-electron chi connectivity index (χ1n) is 10.00. The van der Waals surface area contributed by atoms with Gasteiger partial charge in [-0.3, -0.25) is 4.79 Å². The van der Waals surface area contributed by atoms with Gasteiger partial charge in [0.15, 0.2) is 0 Å². The second-order valence-corrected chi connectivity index (χ2v) is 7.46. The lowest BCUT2D eigenvalue weighted by atomic mass is 9.85. The number of benzene rings is 2. The van der Waals surface area contributed by atoms with Crippen LogP contribution in [-0.4, -0.2) is 17.4 Å². The van der Waals surface area contributed by atoms with Crippen molar-refractivity contribution in [3.8, 4) is 0 Å². The highest BCUT2D eigenvalue weighted by molar-refractivity contribution is 5.86. The third-order valence-corrected chi connectivity index (χ3v) is 5.29. The van der Waals surface area contributed by atoms with Crippen molar-refractivity contribution in [3.05, 3.63) is 70.9 Å². The normalized spacial score (nSPS) is 12.3. The van der Waals surface area contributed by atoms with Gasteiger partial charge in [0.05, 0.1) is 0 Å². The van der Waals surface area contributed by atoms with Gasteiger partial charge in [0.1, 0.15) is 0 Å². The SMILES string of the molecule is CCCCCNC(=O)CC(c1ccc(C)cc1C)c1c[nH]c2ccccc12. The third-order valence-electron chi connectivity index (χ3n) is 5.29. The lowest BCUT2D eigenvalue weighted by Crippen LogP contribution is -2.26. The standard InChI is InChI=1S/C24H30N2O/c1-4-5-8-13-25-24(27)15-21(19-12-11-17(2)14-18(19)3)22-16-26-23-10-7-6-9-20(22)23/h6-7,9-12,14,16,21,26H,4-5,8,13,15H2,1-3H3,(H,25,27). The molecule has 0 spiro atoms. The van der Waals surface area contributed by atoms with Crippen molar-refractivity contribution in [2.24, 2.45) is 0 Å². The van der Waals surface area contributed by atoms with Gasteiger partial charge in [0, 0.05) is 36.0 Å². The van der Waals surface area contributed by atoms with Gasteiger partial charge >= 0.3 is 0 Å². The first-order valence-corrected chi connectivity index (χ1v) is 10.00. The minimum absolute atomic E-state index is 0.0490. The van der Waals surface area contributed by atoms with Crippen LogP contribution in [0.4, 0.5) is 0 Å². The zero-order valence-electron chi connectivity index (χ0n) is 16.6. The molecule has 3 rings (SSSR count). The lowest BCUT2D eigenvalue weighted by Gasteiger charge is -2.20. The Morgan fingerprint density at radius 2 is 1.89 bits per heavy atom. The van der Waals surface area contributed by atoms with Crippen LogP contribution in [-0.2, 0) is 4.79 Å². The molecule has 0 saturated carbocycles. The minimum Gasteiger partial charge on any atom is -0.361 e. The Labute approximate surface area is 162 Å². The molecule has 0 fully saturated rings. The molecule has 1 heterocycles. The summed E-state index contributed by atoms with van der Waals surface area (Å²) < 4.78 is 0. The van der Waals surface area contributed by atoms with E-state index in [0.717, 1.165) is 31.3 Å². The summed E-state index contributed by atoms with van der Waals surface area (Å²) in [6, 6.07) is 14.8. The van der Waals surface area contributed by atoms with Crippen molar-refractivity contribution < 1.29 is 4.79 Å². The molecule has 3 heteroatoms. The number of aromatic amines is 1.